The number of nitrogens with one attached hydrogen (secondary N) is 2. The van der Waals surface area contributed by atoms with Crippen LogP contribution in [-0.2, 0) is 9.59 Å². The highest BCUT2D eigenvalue weighted by molar-refractivity contribution is 5.81. The molecule has 0 fully saturated rings. The van der Waals surface area contributed by atoms with E-state index in [4.69, 9.17) is 0 Å². The summed E-state index contributed by atoms with van der Waals surface area (Å²) in [6.45, 7) is 1.82. The lowest BCUT2D eigenvalue weighted by Gasteiger charge is -2.08. The van der Waals surface area contributed by atoms with Crippen LogP contribution in [0.25, 0.3) is 0 Å². The van der Waals surface area contributed by atoms with E-state index in [0.29, 0.717) is 24.2 Å². The van der Waals surface area contributed by atoms with Crippen molar-refractivity contribution in [3.05, 3.63) is 23.8 Å². The maximum absolute atomic E-state index is 10.2. The Balaban J connectivity index is 3.02. The highest BCUT2D eigenvalue weighted by Gasteiger charge is 2.01. The van der Waals surface area contributed by atoms with Gasteiger partial charge in [0.1, 0.15) is 0 Å². The number of carbonyl (C=O) groups is 2. The van der Waals surface area contributed by atoms with Crippen molar-refractivity contribution in [1.82, 2.24) is 0 Å². The Morgan fingerprint density at radius 1 is 1.08 bits per heavy atom. The molecular weight excluding hydrogens is 168 g/mol. The first-order valence-electron chi connectivity index (χ1n) is 3.79. The van der Waals surface area contributed by atoms with Crippen LogP contribution >= 0.6 is 0 Å². The normalized spacial score (nSPS) is 9.00. The summed E-state index contributed by atoms with van der Waals surface area (Å²) in [6.07, 6.45) is 1.21. The Morgan fingerprint density at radius 3 is 1.92 bits per heavy atom. The summed E-state index contributed by atoms with van der Waals surface area (Å²) in [4.78, 5) is 20.4. The van der Waals surface area contributed by atoms with E-state index in [2.05, 4.69) is 10.6 Å². The molecule has 1 aromatic carbocycles. The molecule has 0 unspecified atom stereocenters. The molecule has 0 aromatic heterocycles. The molecule has 0 saturated carbocycles. The molecule has 68 valence electrons. The Kier molecular flexibility index (Phi) is 3.03. The number of carbonyl (C=O) groups excluding carboxylic acids is 2. The first-order chi connectivity index (χ1) is 6.29. The first-order valence-corrected chi connectivity index (χ1v) is 3.79. The Hall–Kier alpha value is -1.84. The summed E-state index contributed by atoms with van der Waals surface area (Å²) in [6, 6.07) is 5.28. The fraction of sp³-hybridized carbons (Fsp3) is 0.111. The molecule has 0 aliphatic rings. The third-order valence-electron chi connectivity index (χ3n) is 1.76. The van der Waals surface area contributed by atoms with E-state index in [0.717, 1.165) is 5.56 Å². The Bertz CT molecular complexity index is 295. The minimum Gasteiger partial charge on any atom is -0.328 e. The monoisotopic (exact) mass is 178 g/mol. The van der Waals surface area contributed by atoms with Gasteiger partial charge in [0.15, 0.2) is 0 Å². The van der Waals surface area contributed by atoms with Gasteiger partial charge in [-0.15, -0.1) is 0 Å². The molecule has 2 N–H and O–H groups in total. The lowest BCUT2D eigenvalue weighted by molar-refractivity contribution is -0.106. The zero-order valence-electron chi connectivity index (χ0n) is 7.20. The predicted molar refractivity (Wildman–Crippen MR) is 50.6 cm³/mol. The topological polar surface area (TPSA) is 58.2 Å². The number of hydrogen-bond donors (Lipinski definition) is 2. The van der Waals surface area contributed by atoms with Crippen LogP contribution in [0.2, 0.25) is 0 Å². The lowest BCUT2D eigenvalue weighted by Crippen LogP contribution is -2.01. The van der Waals surface area contributed by atoms with E-state index in [9.17, 15) is 9.59 Å². The fourth-order valence-electron chi connectivity index (χ4n) is 1.08. The van der Waals surface area contributed by atoms with Gasteiger partial charge >= 0.3 is 0 Å². The van der Waals surface area contributed by atoms with E-state index < -0.39 is 0 Å². The van der Waals surface area contributed by atoms with Crippen molar-refractivity contribution >= 4 is 24.2 Å². The number of rotatable bonds is 4. The second-order valence-corrected chi connectivity index (χ2v) is 2.50. The van der Waals surface area contributed by atoms with E-state index in [1.165, 1.54) is 0 Å². The third kappa shape index (κ3) is 2.05. The number of amides is 2. The van der Waals surface area contributed by atoms with Crippen LogP contribution in [-0.4, -0.2) is 12.8 Å². The molecule has 0 heterocycles. The SMILES string of the molecule is Cc1c(NC=O)cccc1NC=O. The second kappa shape index (κ2) is 4.25. The van der Waals surface area contributed by atoms with Crippen LogP contribution in [0.3, 0.4) is 0 Å². The van der Waals surface area contributed by atoms with Gasteiger partial charge in [-0.3, -0.25) is 9.59 Å². The van der Waals surface area contributed by atoms with Crippen LogP contribution in [0.5, 0.6) is 0 Å². The third-order valence-corrected chi connectivity index (χ3v) is 1.76. The molecule has 1 aromatic rings. The summed E-state index contributed by atoms with van der Waals surface area (Å²) in [5, 5.41) is 5.08. The van der Waals surface area contributed by atoms with Crippen LogP contribution in [0, 0.1) is 6.92 Å². The molecule has 0 bridgehead atoms. The van der Waals surface area contributed by atoms with Crippen LogP contribution in [0.1, 0.15) is 5.56 Å². The van der Waals surface area contributed by atoms with Gasteiger partial charge in [0.2, 0.25) is 12.8 Å². The quantitative estimate of drug-likeness (QED) is 0.679. The van der Waals surface area contributed by atoms with Crippen LogP contribution in [0.15, 0.2) is 18.2 Å². The Labute approximate surface area is 75.9 Å². The highest BCUT2D eigenvalue weighted by atomic mass is 16.1. The molecule has 2 amide bonds. The van der Waals surface area contributed by atoms with Crippen molar-refractivity contribution in [2.75, 3.05) is 10.6 Å². The molecular formula is C9H10N2O2. The lowest BCUT2D eigenvalue weighted by atomic mass is 10.1. The average Bonchev–Trinajstić information content (AvgIpc) is 2.13. The van der Waals surface area contributed by atoms with E-state index in [1.54, 1.807) is 18.2 Å². The van der Waals surface area contributed by atoms with Gasteiger partial charge < -0.3 is 10.6 Å². The van der Waals surface area contributed by atoms with Crippen LogP contribution in [0.4, 0.5) is 11.4 Å². The average molecular weight is 178 g/mol. The fourth-order valence-corrected chi connectivity index (χ4v) is 1.08. The van der Waals surface area contributed by atoms with Gasteiger partial charge in [0.05, 0.1) is 0 Å². The molecule has 0 aliphatic heterocycles. The smallest absolute Gasteiger partial charge is 0.211 e. The number of hydrogen-bond acceptors (Lipinski definition) is 2. The standard InChI is InChI=1S/C9H10N2O2/c1-7-8(10-5-12)3-2-4-9(7)11-6-13/h2-6H,1H3,(H,10,12)(H,11,13). The van der Waals surface area contributed by atoms with Gasteiger partial charge in [-0.05, 0) is 24.6 Å². The molecule has 4 nitrogen and oxygen atoms in total. The number of benzene rings is 1. The van der Waals surface area contributed by atoms with Crippen molar-refractivity contribution in [3.63, 3.8) is 0 Å². The van der Waals surface area contributed by atoms with Crippen molar-refractivity contribution in [1.29, 1.82) is 0 Å². The first kappa shape index (κ1) is 9.25. The Morgan fingerprint density at radius 2 is 1.54 bits per heavy atom. The van der Waals surface area contributed by atoms with Gasteiger partial charge in [-0.25, -0.2) is 0 Å². The molecule has 0 radical (unpaired) electrons. The summed E-state index contributed by atoms with van der Waals surface area (Å²) < 4.78 is 0. The van der Waals surface area contributed by atoms with Crippen molar-refractivity contribution in [2.45, 2.75) is 6.92 Å². The van der Waals surface area contributed by atoms with Crippen LogP contribution < -0.4 is 10.6 Å². The minimum absolute atomic E-state index is 0.604. The van der Waals surface area contributed by atoms with Crippen molar-refractivity contribution in [2.24, 2.45) is 0 Å². The molecule has 0 spiro atoms. The second-order valence-electron chi connectivity index (χ2n) is 2.50. The molecule has 1 rings (SSSR count). The van der Waals surface area contributed by atoms with Crippen molar-refractivity contribution in [3.8, 4) is 0 Å². The van der Waals surface area contributed by atoms with Crippen molar-refractivity contribution < 1.29 is 9.59 Å². The summed E-state index contributed by atoms with van der Waals surface area (Å²) >= 11 is 0. The summed E-state index contributed by atoms with van der Waals surface area (Å²) in [5.74, 6) is 0. The molecule has 13 heavy (non-hydrogen) atoms. The van der Waals surface area contributed by atoms with E-state index >= 15 is 0 Å². The van der Waals surface area contributed by atoms with Gasteiger partial charge in [-0.2, -0.15) is 0 Å². The van der Waals surface area contributed by atoms with Gasteiger partial charge in [0.25, 0.3) is 0 Å². The summed E-state index contributed by atoms with van der Waals surface area (Å²) in [5.41, 5.74) is 2.23. The maximum Gasteiger partial charge on any atom is 0.211 e. The molecule has 0 atom stereocenters. The molecule has 0 aliphatic carbocycles. The zero-order chi connectivity index (χ0) is 9.68. The highest BCUT2D eigenvalue weighted by Crippen LogP contribution is 2.21. The molecule has 4 heteroatoms. The van der Waals surface area contributed by atoms with E-state index in [-0.39, 0.29) is 0 Å². The maximum atomic E-state index is 10.2. The predicted octanol–water partition coefficient (Wildman–Crippen LogP) is 1.13. The number of anilines is 2. The summed E-state index contributed by atoms with van der Waals surface area (Å²) in [7, 11) is 0. The van der Waals surface area contributed by atoms with Gasteiger partial charge in [0, 0.05) is 11.4 Å². The largest absolute Gasteiger partial charge is 0.328 e. The molecule has 0 saturated heterocycles. The minimum atomic E-state index is 0.604. The van der Waals surface area contributed by atoms with E-state index in [1.807, 2.05) is 6.92 Å². The zero-order valence-corrected chi connectivity index (χ0v) is 7.20. The van der Waals surface area contributed by atoms with Gasteiger partial charge in [-0.1, -0.05) is 6.07 Å².